The molecule has 0 aromatic rings. The van der Waals surface area contributed by atoms with E-state index in [1.54, 1.807) is 0 Å². The lowest BCUT2D eigenvalue weighted by Gasteiger charge is -2.21. The first-order chi connectivity index (χ1) is 37.2. The topological polar surface area (TPSA) is 155 Å². The average molecular weight is 1080 g/mol. The van der Waals surface area contributed by atoms with Crippen LogP contribution >= 0.6 is 7.82 Å². The number of hydrogen-bond acceptors (Lipinski definition) is 10. The summed E-state index contributed by atoms with van der Waals surface area (Å²) >= 11 is 0. The molecule has 0 aromatic carbocycles. The summed E-state index contributed by atoms with van der Waals surface area (Å²) in [4.78, 5) is 48.6. The quantitative estimate of drug-likeness (QED) is 0.0197. The molecule has 76 heavy (non-hydrogen) atoms. The highest BCUT2D eigenvalue weighted by molar-refractivity contribution is 7.47. The number of aliphatic hydroxyl groups excluding tert-OH is 1. The standard InChI is InChI=1S/C64H103O11P/c1-4-7-10-13-16-19-22-25-28-29-30-31-34-35-38-41-44-47-50-53-62(66)71-57-61(75-64(68)55-52-49-46-43-40-37-33-27-24-21-18-15-12-9-6-3)59-73-76(69,70)72-58-60(56-65)74-63(67)54-51-48-45-42-39-36-32-26-23-20-17-14-11-8-5-2/h7,9-10,12,16-21,25-28,30-33,35,38,40,43,60-61,65H,4-6,8,11,13-15,22-24,29,34,36-37,39,41-42,44-59H2,1-3H3,(H,69,70)/b10-7-,12-9-,19-16-,20-17-,21-18-,28-25-,31-30-,32-26-,33-27-,38-35-,43-40-. The third kappa shape index (κ3) is 54.4. The molecule has 0 aromatic heterocycles. The summed E-state index contributed by atoms with van der Waals surface area (Å²) in [6.07, 6.45) is 71.3. The van der Waals surface area contributed by atoms with Gasteiger partial charge in [0.2, 0.25) is 0 Å². The number of phosphoric acid groups is 1. The number of ether oxygens (including phenoxy) is 3. The summed E-state index contributed by atoms with van der Waals surface area (Å²) in [5.41, 5.74) is 0. The fraction of sp³-hybridized carbons (Fsp3) is 0.609. The van der Waals surface area contributed by atoms with Gasteiger partial charge in [-0.2, -0.15) is 0 Å². The molecule has 0 heterocycles. The summed E-state index contributed by atoms with van der Waals surface area (Å²) in [7, 11) is -4.78. The molecule has 0 saturated heterocycles. The highest BCUT2D eigenvalue weighted by atomic mass is 31.2. The SMILES string of the molecule is CC/C=C\C/C=C\C/C=C\C/C=C\C/C=C\CCCCCC(=O)OCC(COP(=O)(O)OCC(CO)OC(=O)CCCCCCC/C=C\C/C=C\CCCCC)OC(=O)CCCC/C=C\C/C=C\C/C=C\C/C=C\CC. The van der Waals surface area contributed by atoms with Gasteiger partial charge in [0.1, 0.15) is 12.7 Å². The summed E-state index contributed by atoms with van der Waals surface area (Å²) in [5, 5.41) is 9.82. The minimum Gasteiger partial charge on any atom is -0.462 e. The van der Waals surface area contributed by atoms with Crippen LogP contribution in [-0.2, 0) is 42.2 Å². The first kappa shape index (κ1) is 71.6. The van der Waals surface area contributed by atoms with Crippen LogP contribution in [-0.4, -0.2) is 66.5 Å². The van der Waals surface area contributed by atoms with Gasteiger partial charge in [0.05, 0.1) is 19.8 Å². The second-order valence-corrected chi connectivity index (χ2v) is 20.1. The van der Waals surface area contributed by atoms with E-state index in [1.165, 1.54) is 19.3 Å². The summed E-state index contributed by atoms with van der Waals surface area (Å²) in [6, 6.07) is 0. The van der Waals surface area contributed by atoms with Gasteiger partial charge in [0, 0.05) is 19.3 Å². The molecule has 0 bridgehead atoms. The predicted molar refractivity (Wildman–Crippen MR) is 316 cm³/mol. The number of hydrogen-bond donors (Lipinski definition) is 2. The van der Waals surface area contributed by atoms with E-state index in [9.17, 15) is 28.9 Å². The summed E-state index contributed by atoms with van der Waals surface area (Å²) in [5.74, 6) is -1.58. The minimum absolute atomic E-state index is 0.0991. The highest BCUT2D eigenvalue weighted by Crippen LogP contribution is 2.43. The Bertz CT molecular complexity index is 1780. The van der Waals surface area contributed by atoms with Crippen LogP contribution in [0, 0.1) is 0 Å². The molecule has 430 valence electrons. The molecule has 0 rings (SSSR count). The van der Waals surface area contributed by atoms with E-state index >= 15 is 0 Å². The second kappa shape index (κ2) is 56.8. The molecule has 11 nitrogen and oxygen atoms in total. The fourth-order valence-corrected chi connectivity index (χ4v) is 7.95. The average Bonchev–Trinajstić information content (AvgIpc) is 3.41. The summed E-state index contributed by atoms with van der Waals surface area (Å²) < 4.78 is 39.4. The number of esters is 3. The van der Waals surface area contributed by atoms with Crippen molar-refractivity contribution >= 4 is 25.7 Å². The van der Waals surface area contributed by atoms with Crippen LogP contribution in [0.15, 0.2) is 134 Å². The van der Waals surface area contributed by atoms with Gasteiger partial charge < -0.3 is 24.2 Å². The number of carbonyl (C=O) groups is 3. The van der Waals surface area contributed by atoms with Crippen LogP contribution in [0.5, 0.6) is 0 Å². The van der Waals surface area contributed by atoms with Crippen molar-refractivity contribution in [1.29, 1.82) is 0 Å². The Morgan fingerprint density at radius 1 is 0.382 bits per heavy atom. The maximum absolute atomic E-state index is 12.9. The van der Waals surface area contributed by atoms with Gasteiger partial charge in [-0.05, 0) is 135 Å². The molecule has 0 fully saturated rings. The van der Waals surface area contributed by atoms with Gasteiger partial charge in [0.25, 0.3) is 0 Å². The number of phosphoric ester groups is 1. The van der Waals surface area contributed by atoms with Crippen LogP contribution in [0.3, 0.4) is 0 Å². The van der Waals surface area contributed by atoms with Gasteiger partial charge in [-0.3, -0.25) is 23.4 Å². The normalized spacial score (nSPS) is 14.3. The number of carbonyl (C=O) groups excluding carboxylic acids is 3. The third-order valence-corrected chi connectivity index (χ3v) is 12.5. The summed E-state index contributed by atoms with van der Waals surface area (Å²) in [6.45, 7) is 4.27. The Kier molecular flexibility index (Phi) is 53.5. The van der Waals surface area contributed by atoms with E-state index in [1.807, 2.05) is 0 Å². The Morgan fingerprint density at radius 3 is 1.09 bits per heavy atom. The van der Waals surface area contributed by atoms with Gasteiger partial charge in [0.15, 0.2) is 6.10 Å². The number of allylic oxidation sites excluding steroid dienone is 22. The lowest BCUT2D eigenvalue weighted by molar-refractivity contribution is -0.161. The second-order valence-electron chi connectivity index (χ2n) is 18.7. The van der Waals surface area contributed by atoms with Crippen molar-refractivity contribution < 1.29 is 52.2 Å². The zero-order valence-electron chi connectivity index (χ0n) is 47.4. The molecular formula is C64H103O11P. The fourth-order valence-electron chi connectivity index (χ4n) is 7.17. The van der Waals surface area contributed by atoms with Crippen LogP contribution in [0.25, 0.3) is 0 Å². The van der Waals surface area contributed by atoms with E-state index < -0.39 is 57.8 Å². The van der Waals surface area contributed by atoms with Crippen LogP contribution in [0.1, 0.15) is 213 Å². The van der Waals surface area contributed by atoms with E-state index in [-0.39, 0.29) is 25.9 Å². The Hall–Kier alpha value is -4.38. The smallest absolute Gasteiger partial charge is 0.462 e. The van der Waals surface area contributed by atoms with Crippen molar-refractivity contribution in [2.24, 2.45) is 0 Å². The molecule has 0 aliphatic carbocycles. The van der Waals surface area contributed by atoms with E-state index in [2.05, 4.69) is 154 Å². The first-order valence-corrected chi connectivity index (χ1v) is 30.6. The van der Waals surface area contributed by atoms with Gasteiger partial charge in [-0.1, -0.05) is 193 Å². The molecule has 0 radical (unpaired) electrons. The molecule has 3 atom stereocenters. The number of aliphatic hydroxyl groups is 1. The Labute approximate surface area is 461 Å². The van der Waals surface area contributed by atoms with Gasteiger partial charge >= 0.3 is 25.7 Å². The monoisotopic (exact) mass is 1080 g/mol. The zero-order valence-corrected chi connectivity index (χ0v) is 48.3. The minimum atomic E-state index is -4.78. The van der Waals surface area contributed by atoms with Crippen molar-refractivity contribution in [3.63, 3.8) is 0 Å². The van der Waals surface area contributed by atoms with Crippen LogP contribution < -0.4 is 0 Å². The lowest BCUT2D eigenvalue weighted by Crippen LogP contribution is -2.30. The van der Waals surface area contributed by atoms with Crippen molar-refractivity contribution in [3.05, 3.63) is 134 Å². The van der Waals surface area contributed by atoms with Crippen LogP contribution in [0.4, 0.5) is 0 Å². The molecule has 0 amide bonds. The molecule has 0 aliphatic heterocycles. The maximum Gasteiger partial charge on any atom is 0.472 e. The van der Waals surface area contributed by atoms with Crippen molar-refractivity contribution in [1.82, 2.24) is 0 Å². The molecule has 3 unspecified atom stereocenters. The largest absolute Gasteiger partial charge is 0.472 e. The molecule has 2 N–H and O–H groups in total. The van der Waals surface area contributed by atoms with Crippen LogP contribution in [0.2, 0.25) is 0 Å². The molecule has 0 aliphatic rings. The predicted octanol–water partition coefficient (Wildman–Crippen LogP) is 17.4. The van der Waals surface area contributed by atoms with Gasteiger partial charge in [-0.15, -0.1) is 0 Å². The van der Waals surface area contributed by atoms with Crippen molar-refractivity contribution in [2.45, 2.75) is 226 Å². The number of rotatable bonds is 52. The maximum atomic E-state index is 12.9. The van der Waals surface area contributed by atoms with Crippen molar-refractivity contribution in [3.8, 4) is 0 Å². The Balaban J connectivity index is 4.86. The zero-order chi connectivity index (χ0) is 55.5. The van der Waals surface area contributed by atoms with E-state index in [0.29, 0.717) is 19.3 Å². The molecule has 12 heteroatoms. The first-order valence-electron chi connectivity index (χ1n) is 29.1. The number of unbranched alkanes of at least 4 members (excludes halogenated alkanes) is 13. The highest BCUT2D eigenvalue weighted by Gasteiger charge is 2.28. The Morgan fingerprint density at radius 2 is 0.684 bits per heavy atom. The van der Waals surface area contributed by atoms with E-state index in [4.69, 9.17) is 23.3 Å². The molecule has 0 saturated carbocycles. The third-order valence-electron chi connectivity index (χ3n) is 11.5. The molecule has 0 spiro atoms. The van der Waals surface area contributed by atoms with Gasteiger partial charge in [-0.25, -0.2) is 4.57 Å². The molecular weight excluding hydrogens is 976 g/mol. The van der Waals surface area contributed by atoms with Crippen molar-refractivity contribution in [2.75, 3.05) is 26.4 Å². The van der Waals surface area contributed by atoms with E-state index in [0.717, 1.165) is 135 Å². The lowest BCUT2D eigenvalue weighted by atomic mass is 10.1.